The van der Waals surface area contributed by atoms with Gasteiger partial charge in [-0.25, -0.2) is 4.99 Å². The predicted molar refractivity (Wildman–Crippen MR) is 131 cm³/mol. The molecule has 0 bridgehead atoms. The number of anilines is 1. The first-order valence-electron chi connectivity index (χ1n) is 11.0. The summed E-state index contributed by atoms with van der Waals surface area (Å²) in [4.78, 5) is 32.7. The number of methoxy groups -OCH3 is 1. The molecule has 0 saturated carbocycles. The Balaban J connectivity index is 1.54. The van der Waals surface area contributed by atoms with E-state index < -0.39 is 11.9 Å². The lowest BCUT2D eigenvalue weighted by Gasteiger charge is -2.21. The number of amides is 2. The third-order valence-electron chi connectivity index (χ3n) is 5.71. The molecule has 186 valence electrons. The maximum Gasteiger partial charge on any atom is 0.325 e. The minimum atomic E-state index is -0.853. The van der Waals surface area contributed by atoms with Gasteiger partial charge in [0, 0.05) is 12.7 Å². The van der Waals surface area contributed by atoms with Crippen molar-refractivity contribution in [2.24, 2.45) is 12.0 Å². The lowest BCUT2D eigenvalue weighted by atomic mass is 10.1. The number of carbonyl (C=O) groups is 2. The number of likely N-dealkylation sites (N-methyl/N-ethyl adjacent to an activating group) is 1. The van der Waals surface area contributed by atoms with E-state index in [-0.39, 0.29) is 35.8 Å². The van der Waals surface area contributed by atoms with Crippen LogP contribution in [0.25, 0.3) is 0 Å². The Bertz CT molecular complexity index is 1310. The van der Waals surface area contributed by atoms with E-state index in [1.807, 2.05) is 0 Å². The average molecular weight is 509 g/mol. The van der Waals surface area contributed by atoms with Crippen LogP contribution in [0.3, 0.4) is 0 Å². The van der Waals surface area contributed by atoms with Crippen LogP contribution in [0.2, 0.25) is 0 Å². The van der Waals surface area contributed by atoms with Crippen molar-refractivity contribution in [1.29, 1.82) is 0 Å². The molecule has 1 unspecified atom stereocenters. The van der Waals surface area contributed by atoms with Crippen LogP contribution in [0.1, 0.15) is 17.7 Å². The molecule has 12 heteroatoms. The summed E-state index contributed by atoms with van der Waals surface area (Å²) in [7, 11) is 4.73. The van der Waals surface area contributed by atoms with Crippen LogP contribution in [0.4, 0.5) is 11.6 Å². The molecule has 1 atom stereocenters. The van der Waals surface area contributed by atoms with Crippen LogP contribution >= 0.6 is 12.2 Å². The fraction of sp³-hybridized carbons (Fsp3) is 0.250. The molecule has 2 aromatic carbocycles. The van der Waals surface area contributed by atoms with Crippen molar-refractivity contribution in [3.63, 3.8) is 0 Å². The standard InChI is InChI=1S/C24H24N6O5S/c1-28-23(33)18(13-20(31)25-16-9-11-17(34-3)12-10-16)30(24(28)36)14-19-22(35-27-29(19)2)26-21(32)15-7-5-4-6-8-15/h4-12,18H,13-14H2,1-3H3,(H-,25,26,27,31,32). The number of ether oxygens (including phenoxy) is 1. The summed E-state index contributed by atoms with van der Waals surface area (Å²) in [6, 6.07) is 14.5. The molecule has 1 N–H and O–H groups in total. The number of benzene rings is 2. The fourth-order valence-electron chi connectivity index (χ4n) is 3.71. The largest absolute Gasteiger partial charge is 0.858 e. The van der Waals surface area contributed by atoms with Crippen molar-refractivity contribution >= 4 is 46.6 Å². The van der Waals surface area contributed by atoms with E-state index in [9.17, 15) is 14.7 Å². The summed E-state index contributed by atoms with van der Waals surface area (Å²) in [5, 5.41) is 19.5. The van der Waals surface area contributed by atoms with E-state index in [4.69, 9.17) is 21.5 Å². The first-order chi connectivity index (χ1) is 17.3. The van der Waals surface area contributed by atoms with Crippen LogP contribution < -0.4 is 19.8 Å². The van der Waals surface area contributed by atoms with Gasteiger partial charge in [0.15, 0.2) is 12.2 Å². The van der Waals surface area contributed by atoms with E-state index in [0.29, 0.717) is 22.7 Å². The van der Waals surface area contributed by atoms with Gasteiger partial charge in [0.1, 0.15) is 18.3 Å². The summed E-state index contributed by atoms with van der Waals surface area (Å²) in [6.07, 6.45) is -0.139. The predicted octanol–water partition coefficient (Wildman–Crippen LogP) is 0.903. The Hall–Kier alpha value is -4.32. The molecule has 1 saturated heterocycles. The number of hydrogen-bond acceptors (Lipinski definition) is 8. The zero-order chi connectivity index (χ0) is 25.8. The van der Waals surface area contributed by atoms with Crippen LogP contribution in [0.15, 0.2) is 64.1 Å². The molecule has 1 aliphatic heterocycles. The number of carbonyl (C=O) groups excluding carboxylic acids is 2. The van der Waals surface area contributed by atoms with Crippen molar-refractivity contribution in [1.82, 2.24) is 15.1 Å². The Kier molecular flexibility index (Phi) is 7.25. The number of thiocarbonyl (C=S) groups is 1. The highest BCUT2D eigenvalue weighted by atomic mass is 32.1. The number of aromatic nitrogens is 2. The van der Waals surface area contributed by atoms with E-state index in [0.717, 1.165) is 0 Å². The van der Waals surface area contributed by atoms with Gasteiger partial charge < -0.3 is 20.1 Å². The second-order valence-electron chi connectivity index (χ2n) is 8.04. The lowest BCUT2D eigenvalue weighted by molar-refractivity contribution is -0.746. The Morgan fingerprint density at radius 3 is 2.61 bits per heavy atom. The molecule has 36 heavy (non-hydrogen) atoms. The molecule has 1 aromatic heterocycles. The SMILES string of the molecule is COc1ccc(NC(=O)CC2C(=O)N(C)C(=S)N2Cc2c(/N=C(\[O-])c3ccccc3)on[n+]2C)cc1. The van der Waals surface area contributed by atoms with Crippen LogP contribution in [0, 0.1) is 0 Å². The molecular formula is C24H24N6O5S. The van der Waals surface area contributed by atoms with E-state index in [1.54, 1.807) is 80.7 Å². The highest BCUT2D eigenvalue weighted by Gasteiger charge is 2.43. The molecule has 1 aliphatic rings. The number of nitrogens with zero attached hydrogens (tertiary/aromatic N) is 5. The lowest BCUT2D eigenvalue weighted by Crippen LogP contribution is -2.42. The van der Waals surface area contributed by atoms with Crippen molar-refractivity contribution in [2.75, 3.05) is 19.5 Å². The van der Waals surface area contributed by atoms with Crippen LogP contribution in [-0.2, 0) is 23.2 Å². The zero-order valence-electron chi connectivity index (χ0n) is 19.9. The average Bonchev–Trinajstić information content (AvgIpc) is 3.32. The summed E-state index contributed by atoms with van der Waals surface area (Å²) in [6.45, 7) is 0.0519. The highest BCUT2D eigenvalue weighted by molar-refractivity contribution is 7.80. The van der Waals surface area contributed by atoms with Crippen LogP contribution in [-0.4, -0.2) is 58.1 Å². The monoisotopic (exact) mass is 508 g/mol. The summed E-state index contributed by atoms with van der Waals surface area (Å²) < 4.78 is 11.8. The van der Waals surface area contributed by atoms with Gasteiger partial charge in [0.05, 0.1) is 13.5 Å². The first-order valence-corrected chi connectivity index (χ1v) is 11.4. The second-order valence-corrected chi connectivity index (χ2v) is 8.40. The van der Waals surface area contributed by atoms with Gasteiger partial charge in [-0.1, -0.05) is 30.3 Å². The van der Waals surface area contributed by atoms with Gasteiger partial charge in [-0.15, -0.1) is 0 Å². The van der Waals surface area contributed by atoms with E-state index in [2.05, 4.69) is 15.6 Å². The normalized spacial score (nSPS) is 16.0. The molecular weight excluding hydrogens is 484 g/mol. The van der Waals surface area contributed by atoms with Crippen molar-refractivity contribution in [3.05, 3.63) is 65.9 Å². The van der Waals surface area contributed by atoms with Gasteiger partial charge in [-0.05, 0) is 52.6 Å². The molecule has 2 heterocycles. The van der Waals surface area contributed by atoms with Crippen molar-refractivity contribution in [3.8, 4) is 5.75 Å². The van der Waals surface area contributed by atoms with Gasteiger partial charge in [-0.3, -0.25) is 19.0 Å². The Morgan fingerprint density at radius 1 is 1.25 bits per heavy atom. The van der Waals surface area contributed by atoms with Gasteiger partial charge in [-0.2, -0.15) is 0 Å². The molecule has 11 nitrogen and oxygen atoms in total. The van der Waals surface area contributed by atoms with E-state index in [1.165, 1.54) is 9.58 Å². The zero-order valence-corrected chi connectivity index (χ0v) is 20.7. The molecule has 2 amide bonds. The van der Waals surface area contributed by atoms with Gasteiger partial charge in [0.2, 0.25) is 11.2 Å². The van der Waals surface area contributed by atoms with Crippen LogP contribution in [0.5, 0.6) is 5.75 Å². The molecule has 0 aliphatic carbocycles. The summed E-state index contributed by atoms with van der Waals surface area (Å²) in [5.41, 5.74) is 1.38. The molecule has 4 rings (SSSR count). The highest BCUT2D eigenvalue weighted by Crippen LogP contribution is 2.25. The third-order valence-corrected chi connectivity index (χ3v) is 6.22. The van der Waals surface area contributed by atoms with Gasteiger partial charge in [0.25, 0.3) is 11.6 Å². The summed E-state index contributed by atoms with van der Waals surface area (Å²) >= 11 is 5.48. The molecule has 3 aromatic rings. The van der Waals surface area contributed by atoms with E-state index >= 15 is 0 Å². The number of aryl methyl sites for hydroxylation is 1. The Labute approximate surface area is 212 Å². The first kappa shape index (κ1) is 24.8. The molecule has 1 fully saturated rings. The number of nitrogens with one attached hydrogen (secondary N) is 1. The number of aliphatic imine (C=N–C) groups is 1. The van der Waals surface area contributed by atoms with Crippen molar-refractivity contribution < 1.29 is 28.6 Å². The quantitative estimate of drug-likeness (QED) is 0.206. The minimum absolute atomic E-state index is 0.00223. The second kappa shape index (κ2) is 10.5. The Morgan fingerprint density at radius 2 is 1.94 bits per heavy atom. The molecule has 0 radical (unpaired) electrons. The fourth-order valence-corrected chi connectivity index (χ4v) is 3.99. The third kappa shape index (κ3) is 5.18. The number of hydrogen-bond donors (Lipinski definition) is 1. The van der Waals surface area contributed by atoms with Crippen molar-refractivity contribution in [2.45, 2.75) is 19.0 Å². The maximum atomic E-state index is 12.9. The van der Waals surface area contributed by atoms with Gasteiger partial charge >= 0.3 is 5.88 Å². The smallest absolute Gasteiger partial charge is 0.325 e. The minimum Gasteiger partial charge on any atom is -0.858 e. The maximum absolute atomic E-state index is 12.9. The molecule has 0 spiro atoms. The number of rotatable bonds is 8. The topological polar surface area (TPSA) is 127 Å². The summed E-state index contributed by atoms with van der Waals surface area (Å²) in [5.74, 6) is -0.521.